The molecule has 6 nitrogen and oxygen atoms in total. The summed E-state index contributed by atoms with van der Waals surface area (Å²) in [5.74, 6) is 0. The van der Waals surface area contributed by atoms with Crippen molar-refractivity contribution in [2.75, 3.05) is 0 Å². The van der Waals surface area contributed by atoms with Crippen molar-refractivity contribution in [3.63, 3.8) is 0 Å². The van der Waals surface area contributed by atoms with Gasteiger partial charge in [0.05, 0.1) is 0 Å². The Hall–Kier alpha value is 1.40. The summed E-state index contributed by atoms with van der Waals surface area (Å²) in [5.41, 5.74) is 0. The third-order valence-electron chi connectivity index (χ3n) is 0. The third-order valence-corrected chi connectivity index (χ3v) is 0. The van der Waals surface area contributed by atoms with Crippen LogP contribution in [0.4, 0.5) is 0 Å². The standard InChI is InChI=1S/2AsO3.Cu/c2*2-1(3)4;/q2*-3;+2. The summed E-state index contributed by atoms with van der Waals surface area (Å²) in [4.78, 5) is 0. The van der Waals surface area contributed by atoms with Crippen LogP contribution in [0.1, 0.15) is 0 Å². The van der Waals surface area contributed by atoms with Gasteiger partial charge in [-0.05, 0) is 0 Å². The summed E-state index contributed by atoms with van der Waals surface area (Å²) < 4.78 is 51.4. The van der Waals surface area contributed by atoms with Gasteiger partial charge in [-0.15, -0.1) is 0 Å². The average molecular weight is 309 g/mol. The van der Waals surface area contributed by atoms with E-state index < -0.39 is 31.4 Å². The van der Waals surface area contributed by atoms with Gasteiger partial charge in [0.15, 0.2) is 0 Å². The molecule has 0 atom stereocenters. The monoisotopic (exact) mass is 309 g/mol. The molecule has 0 amide bonds. The number of hydrogen-bond acceptors (Lipinski definition) is 6. The van der Waals surface area contributed by atoms with E-state index in [1.54, 1.807) is 0 Å². The molecule has 0 saturated heterocycles. The predicted molar refractivity (Wildman–Crippen MR) is 11.5 cm³/mol. The van der Waals surface area contributed by atoms with Crippen LogP contribution in [0, 0.1) is 0 Å². The Morgan fingerprint density at radius 1 is 0.556 bits per heavy atom. The molecule has 61 valence electrons. The van der Waals surface area contributed by atoms with Crippen molar-refractivity contribution in [3.8, 4) is 0 Å². The second kappa shape index (κ2) is 12.1. The van der Waals surface area contributed by atoms with Crippen LogP contribution in [0.25, 0.3) is 0 Å². The third kappa shape index (κ3) is 264. The summed E-state index contributed by atoms with van der Waals surface area (Å²) in [5, 5.41) is 0. The molecule has 0 rings (SSSR count). The van der Waals surface area contributed by atoms with E-state index in [1.165, 1.54) is 0 Å². The fourth-order valence-electron chi connectivity index (χ4n) is 0. The number of rotatable bonds is 0. The van der Waals surface area contributed by atoms with Crippen LogP contribution >= 0.6 is 0 Å². The molecule has 0 bridgehead atoms. The maximum atomic E-state index is 8.56. The minimum atomic E-state index is -3.94. The average Bonchev–Trinajstić information content (AvgIpc) is 1.25. The maximum absolute atomic E-state index is 8.56. The Balaban J connectivity index is -0.0000000720. The van der Waals surface area contributed by atoms with Gasteiger partial charge in [-0.2, -0.15) is 0 Å². The van der Waals surface area contributed by atoms with Gasteiger partial charge in [-0.3, -0.25) is 0 Å². The molecule has 0 aromatic heterocycles. The molecule has 9 heavy (non-hydrogen) atoms. The van der Waals surface area contributed by atoms with E-state index in [0.29, 0.717) is 0 Å². The minimum absolute atomic E-state index is 0. The van der Waals surface area contributed by atoms with Crippen LogP contribution in [-0.2, 0) is 17.1 Å². The van der Waals surface area contributed by atoms with E-state index >= 15 is 0 Å². The van der Waals surface area contributed by atoms with Gasteiger partial charge in [0.1, 0.15) is 0 Å². The van der Waals surface area contributed by atoms with Crippen molar-refractivity contribution in [3.05, 3.63) is 0 Å². The van der Waals surface area contributed by atoms with Crippen LogP contribution < -0.4 is 24.6 Å². The number of hydrogen-bond donors (Lipinski definition) is 0. The molecule has 0 N–H and O–H groups in total. The van der Waals surface area contributed by atoms with Crippen LogP contribution in [0.15, 0.2) is 0 Å². The Kier molecular flexibility index (Phi) is 22.6. The second-order valence-electron chi connectivity index (χ2n) is 0.447. The van der Waals surface area contributed by atoms with Gasteiger partial charge < -0.3 is 0 Å². The Morgan fingerprint density at radius 2 is 0.556 bits per heavy atom. The van der Waals surface area contributed by atoms with Gasteiger partial charge in [0, 0.05) is 0 Å². The van der Waals surface area contributed by atoms with E-state index in [1.807, 2.05) is 0 Å². The van der Waals surface area contributed by atoms with Crippen LogP contribution in [0.3, 0.4) is 0 Å². The van der Waals surface area contributed by atoms with Crippen molar-refractivity contribution < 1.29 is 41.6 Å². The van der Waals surface area contributed by atoms with E-state index in [4.69, 9.17) is 24.6 Å². The molecule has 0 aliphatic carbocycles. The molecule has 0 saturated carbocycles. The molecular formula is As2CuO6-4. The van der Waals surface area contributed by atoms with Crippen molar-refractivity contribution in [1.29, 1.82) is 0 Å². The summed E-state index contributed by atoms with van der Waals surface area (Å²) in [6.45, 7) is 0. The Labute approximate surface area is 72.9 Å². The van der Waals surface area contributed by atoms with Crippen molar-refractivity contribution >= 4 is 31.4 Å². The molecule has 0 spiro atoms. The fraction of sp³-hybridized carbons (Fsp3) is 0. The summed E-state index contributed by atoms with van der Waals surface area (Å²) in [7, 11) is 0. The van der Waals surface area contributed by atoms with Gasteiger partial charge in [0.25, 0.3) is 0 Å². The Bertz CT molecular complexity index is 26.5. The molecule has 0 unspecified atom stereocenters. The molecular weight excluding hydrogens is 309 g/mol. The van der Waals surface area contributed by atoms with E-state index in [2.05, 4.69) is 0 Å². The first-order valence-electron chi connectivity index (χ1n) is 1.10. The Morgan fingerprint density at radius 3 is 0.556 bits per heavy atom. The summed E-state index contributed by atoms with van der Waals surface area (Å²) in [6.07, 6.45) is 0. The van der Waals surface area contributed by atoms with Crippen molar-refractivity contribution in [1.82, 2.24) is 0 Å². The van der Waals surface area contributed by atoms with Crippen molar-refractivity contribution in [2.45, 2.75) is 0 Å². The van der Waals surface area contributed by atoms with Crippen molar-refractivity contribution in [2.24, 2.45) is 0 Å². The van der Waals surface area contributed by atoms with Gasteiger partial charge in [0.2, 0.25) is 0 Å². The van der Waals surface area contributed by atoms with Crippen LogP contribution in [-0.4, -0.2) is 31.4 Å². The molecule has 0 aliphatic heterocycles. The fourth-order valence-corrected chi connectivity index (χ4v) is 0. The quantitative estimate of drug-likeness (QED) is 0.407. The summed E-state index contributed by atoms with van der Waals surface area (Å²) >= 11 is -7.88. The predicted octanol–water partition coefficient (Wildman–Crippen LogP) is -7.90. The molecule has 9 heteroatoms. The zero-order valence-corrected chi connectivity index (χ0v) is 8.34. The molecule has 0 aliphatic rings. The van der Waals surface area contributed by atoms with Crippen LogP contribution in [0.2, 0.25) is 0 Å². The van der Waals surface area contributed by atoms with Crippen LogP contribution in [0.5, 0.6) is 0 Å². The molecule has 0 fully saturated rings. The topological polar surface area (TPSA) is 138 Å². The zero-order chi connectivity index (χ0) is 7.15. The second-order valence-corrected chi connectivity index (χ2v) is 2.32. The SMILES string of the molecule is [Cu+2].[O-][As]([O-])[O-].[O-][As]([O-])[O-]. The first-order chi connectivity index (χ1) is 3.46. The molecule has 0 heterocycles. The van der Waals surface area contributed by atoms with E-state index in [9.17, 15) is 0 Å². The zero-order valence-electron chi connectivity index (χ0n) is 3.65. The van der Waals surface area contributed by atoms with Gasteiger partial charge in [-0.25, -0.2) is 0 Å². The van der Waals surface area contributed by atoms with Gasteiger partial charge in [-0.1, -0.05) is 0 Å². The molecule has 1 radical (unpaired) electrons. The first-order valence-corrected chi connectivity index (χ1v) is 5.69. The first kappa shape index (κ1) is 16.8. The normalized spacial score (nSPS) is 8.00. The molecule has 0 aromatic carbocycles. The molecule has 0 aromatic rings. The van der Waals surface area contributed by atoms with E-state index in [-0.39, 0.29) is 17.1 Å². The van der Waals surface area contributed by atoms with Gasteiger partial charge >= 0.3 is 73.0 Å². The summed E-state index contributed by atoms with van der Waals surface area (Å²) in [6, 6.07) is 0. The van der Waals surface area contributed by atoms with E-state index in [0.717, 1.165) is 0 Å².